The Kier molecular flexibility index (Phi) is 3.63. The van der Waals surface area contributed by atoms with Crippen LogP contribution < -0.4 is 10.5 Å². The molecule has 0 aliphatic carbocycles. The molecule has 5 nitrogen and oxygen atoms in total. The lowest BCUT2D eigenvalue weighted by Crippen LogP contribution is -2.16. The summed E-state index contributed by atoms with van der Waals surface area (Å²) >= 11 is 0. The molecule has 0 bridgehead atoms. The molecule has 106 valence electrons. The minimum Gasteiger partial charge on any atom is -0.396 e. The SMILES string of the molecule is Cc1ccncc1NS(=O)(=O)c1cc(N)c(F)cc1C. The largest absolute Gasteiger partial charge is 0.396 e. The monoisotopic (exact) mass is 295 g/mol. The number of nitrogen functional groups attached to an aromatic ring is 1. The molecule has 2 rings (SSSR count). The van der Waals surface area contributed by atoms with Crippen LogP contribution in [0, 0.1) is 19.7 Å². The molecule has 1 aromatic carbocycles. The Balaban J connectivity index is 2.47. The minimum atomic E-state index is -3.84. The minimum absolute atomic E-state index is 0.0559. The third-order valence-electron chi connectivity index (χ3n) is 2.87. The van der Waals surface area contributed by atoms with E-state index in [2.05, 4.69) is 9.71 Å². The molecule has 0 aliphatic heterocycles. The molecule has 0 amide bonds. The first-order chi connectivity index (χ1) is 9.31. The summed E-state index contributed by atoms with van der Waals surface area (Å²) in [7, 11) is -3.84. The number of halogens is 1. The van der Waals surface area contributed by atoms with E-state index in [0.29, 0.717) is 5.69 Å². The molecular weight excluding hydrogens is 281 g/mol. The molecule has 1 heterocycles. The van der Waals surface area contributed by atoms with Gasteiger partial charge in [0.15, 0.2) is 0 Å². The van der Waals surface area contributed by atoms with Crippen molar-refractivity contribution in [3.05, 3.63) is 47.5 Å². The van der Waals surface area contributed by atoms with Crippen LogP contribution in [0.25, 0.3) is 0 Å². The Morgan fingerprint density at radius 1 is 1.25 bits per heavy atom. The second kappa shape index (κ2) is 5.09. The lowest BCUT2D eigenvalue weighted by atomic mass is 10.2. The van der Waals surface area contributed by atoms with Crippen molar-refractivity contribution in [2.24, 2.45) is 0 Å². The maximum atomic E-state index is 13.3. The molecule has 0 spiro atoms. The average molecular weight is 295 g/mol. The summed E-state index contributed by atoms with van der Waals surface area (Å²) in [4.78, 5) is 3.81. The Morgan fingerprint density at radius 3 is 2.60 bits per heavy atom. The fourth-order valence-corrected chi connectivity index (χ4v) is 3.11. The first-order valence-electron chi connectivity index (χ1n) is 5.80. The van der Waals surface area contributed by atoms with Gasteiger partial charge in [-0.1, -0.05) is 0 Å². The van der Waals surface area contributed by atoms with Gasteiger partial charge < -0.3 is 5.73 Å². The first kappa shape index (κ1) is 14.3. The van der Waals surface area contributed by atoms with Crippen molar-refractivity contribution in [1.29, 1.82) is 0 Å². The van der Waals surface area contributed by atoms with Gasteiger partial charge in [0.1, 0.15) is 5.82 Å². The van der Waals surface area contributed by atoms with Gasteiger partial charge in [-0.15, -0.1) is 0 Å². The number of nitrogens with two attached hydrogens (primary N) is 1. The van der Waals surface area contributed by atoms with E-state index in [1.54, 1.807) is 19.2 Å². The van der Waals surface area contributed by atoms with Crippen molar-refractivity contribution in [2.75, 3.05) is 10.5 Å². The van der Waals surface area contributed by atoms with Gasteiger partial charge in [0.05, 0.1) is 22.5 Å². The van der Waals surface area contributed by atoms with Gasteiger partial charge in [-0.05, 0) is 43.2 Å². The number of hydrogen-bond donors (Lipinski definition) is 2. The highest BCUT2D eigenvalue weighted by atomic mass is 32.2. The third-order valence-corrected chi connectivity index (χ3v) is 4.37. The average Bonchev–Trinajstić information content (AvgIpc) is 2.36. The van der Waals surface area contributed by atoms with Crippen LogP contribution in [0.4, 0.5) is 15.8 Å². The van der Waals surface area contributed by atoms with Gasteiger partial charge in [0, 0.05) is 6.20 Å². The van der Waals surface area contributed by atoms with E-state index in [-0.39, 0.29) is 16.1 Å². The summed E-state index contributed by atoms with van der Waals surface area (Å²) < 4.78 is 40.4. The Labute approximate surface area is 116 Å². The van der Waals surface area contributed by atoms with Crippen LogP contribution in [0.1, 0.15) is 11.1 Å². The summed E-state index contributed by atoms with van der Waals surface area (Å²) in [5.41, 5.74) is 6.61. The highest BCUT2D eigenvalue weighted by Gasteiger charge is 2.19. The van der Waals surface area contributed by atoms with Crippen molar-refractivity contribution in [2.45, 2.75) is 18.7 Å². The number of hydrogen-bond acceptors (Lipinski definition) is 4. The van der Waals surface area contributed by atoms with Gasteiger partial charge in [-0.2, -0.15) is 0 Å². The lowest BCUT2D eigenvalue weighted by Gasteiger charge is -2.12. The summed E-state index contributed by atoms with van der Waals surface area (Å²) in [6.45, 7) is 3.26. The fourth-order valence-electron chi connectivity index (χ4n) is 1.73. The number of benzene rings is 1. The first-order valence-corrected chi connectivity index (χ1v) is 7.28. The van der Waals surface area contributed by atoms with Crippen molar-refractivity contribution >= 4 is 21.4 Å². The molecule has 3 N–H and O–H groups in total. The van der Waals surface area contributed by atoms with Crippen LogP contribution in [0.3, 0.4) is 0 Å². The van der Waals surface area contributed by atoms with E-state index < -0.39 is 15.8 Å². The van der Waals surface area contributed by atoms with Crippen molar-refractivity contribution in [1.82, 2.24) is 4.98 Å². The Bertz CT molecular complexity index is 760. The van der Waals surface area contributed by atoms with Crippen molar-refractivity contribution < 1.29 is 12.8 Å². The molecule has 20 heavy (non-hydrogen) atoms. The van der Waals surface area contributed by atoms with Crippen LogP contribution in [0.2, 0.25) is 0 Å². The second-order valence-corrected chi connectivity index (χ2v) is 6.09. The molecule has 2 aromatic rings. The standard InChI is InChI=1S/C13H14FN3O2S/c1-8-3-4-16-7-12(8)17-20(18,19)13-6-11(15)10(14)5-9(13)2/h3-7,17H,15H2,1-2H3. The number of aromatic nitrogens is 1. The summed E-state index contributed by atoms with van der Waals surface area (Å²) in [6.07, 6.45) is 2.98. The smallest absolute Gasteiger partial charge is 0.262 e. The zero-order valence-electron chi connectivity index (χ0n) is 11.0. The quantitative estimate of drug-likeness (QED) is 0.850. The Morgan fingerprint density at radius 2 is 1.95 bits per heavy atom. The van der Waals surface area contributed by atoms with Gasteiger partial charge >= 0.3 is 0 Å². The fraction of sp³-hybridized carbons (Fsp3) is 0.154. The number of aryl methyl sites for hydroxylation is 2. The maximum absolute atomic E-state index is 13.3. The molecular formula is C13H14FN3O2S. The zero-order chi connectivity index (χ0) is 14.9. The number of anilines is 2. The summed E-state index contributed by atoms with van der Waals surface area (Å²) in [6, 6.07) is 3.89. The van der Waals surface area contributed by atoms with Crippen LogP contribution >= 0.6 is 0 Å². The second-order valence-electron chi connectivity index (χ2n) is 4.44. The molecule has 0 unspecified atom stereocenters. The Hall–Kier alpha value is -2.15. The van der Waals surface area contributed by atoms with E-state index in [0.717, 1.165) is 17.7 Å². The van der Waals surface area contributed by atoms with Gasteiger partial charge in [0.25, 0.3) is 10.0 Å². The van der Waals surface area contributed by atoms with Crippen LogP contribution in [-0.4, -0.2) is 13.4 Å². The van der Waals surface area contributed by atoms with Gasteiger partial charge in [0.2, 0.25) is 0 Å². The van der Waals surface area contributed by atoms with Crippen LogP contribution in [-0.2, 0) is 10.0 Å². The zero-order valence-corrected chi connectivity index (χ0v) is 11.8. The van der Waals surface area contributed by atoms with E-state index >= 15 is 0 Å². The number of rotatable bonds is 3. The highest BCUT2D eigenvalue weighted by Crippen LogP contribution is 2.24. The number of nitrogens with one attached hydrogen (secondary N) is 1. The highest BCUT2D eigenvalue weighted by molar-refractivity contribution is 7.92. The number of nitrogens with zero attached hydrogens (tertiary/aromatic N) is 1. The summed E-state index contributed by atoms with van der Waals surface area (Å²) in [5.74, 6) is -0.640. The molecule has 0 aliphatic rings. The molecule has 0 saturated carbocycles. The molecule has 0 radical (unpaired) electrons. The number of pyridine rings is 1. The molecule has 7 heteroatoms. The maximum Gasteiger partial charge on any atom is 0.262 e. The molecule has 1 aromatic heterocycles. The predicted octanol–water partition coefficient (Wildman–Crippen LogP) is 2.22. The van der Waals surface area contributed by atoms with E-state index in [9.17, 15) is 12.8 Å². The van der Waals surface area contributed by atoms with E-state index in [1.165, 1.54) is 13.1 Å². The predicted molar refractivity (Wildman–Crippen MR) is 75.3 cm³/mol. The molecule has 0 saturated heterocycles. The number of sulfonamides is 1. The molecule has 0 fully saturated rings. The van der Waals surface area contributed by atoms with Crippen molar-refractivity contribution in [3.63, 3.8) is 0 Å². The van der Waals surface area contributed by atoms with Crippen LogP contribution in [0.15, 0.2) is 35.5 Å². The topological polar surface area (TPSA) is 85.1 Å². The summed E-state index contributed by atoms with van der Waals surface area (Å²) in [5, 5.41) is 0. The van der Waals surface area contributed by atoms with E-state index in [1.807, 2.05) is 0 Å². The van der Waals surface area contributed by atoms with Gasteiger partial charge in [-0.3, -0.25) is 9.71 Å². The molecule has 0 atom stereocenters. The lowest BCUT2D eigenvalue weighted by molar-refractivity contribution is 0.599. The normalized spacial score (nSPS) is 11.3. The van der Waals surface area contributed by atoms with E-state index in [4.69, 9.17) is 5.73 Å². The van der Waals surface area contributed by atoms with Crippen molar-refractivity contribution in [3.8, 4) is 0 Å². The third kappa shape index (κ3) is 2.72. The van der Waals surface area contributed by atoms with Crippen LogP contribution in [0.5, 0.6) is 0 Å². The van der Waals surface area contributed by atoms with Gasteiger partial charge in [-0.25, -0.2) is 12.8 Å².